The fraction of sp³-hybridized carbons (Fsp3) is 0.533. The lowest BCUT2D eigenvalue weighted by atomic mass is 9.84. The number of benzene rings is 1. The summed E-state index contributed by atoms with van der Waals surface area (Å²) in [6.45, 7) is 6.91. The molecule has 0 spiro atoms. The number of aliphatic carboxylic acids is 1. The van der Waals surface area contributed by atoms with Crippen molar-refractivity contribution in [2.75, 3.05) is 6.54 Å². The van der Waals surface area contributed by atoms with Crippen LogP contribution in [0.1, 0.15) is 39.2 Å². The fourth-order valence-corrected chi connectivity index (χ4v) is 1.97. The molecule has 18 heavy (non-hydrogen) atoms. The number of carboxylic acids is 1. The van der Waals surface area contributed by atoms with Crippen LogP contribution in [0.25, 0.3) is 0 Å². The molecule has 1 aromatic rings. The van der Waals surface area contributed by atoms with E-state index in [9.17, 15) is 4.79 Å². The van der Waals surface area contributed by atoms with Crippen LogP contribution in [0.3, 0.4) is 0 Å². The van der Waals surface area contributed by atoms with Crippen LogP contribution in [0.2, 0.25) is 0 Å². The highest BCUT2D eigenvalue weighted by Gasteiger charge is 2.23. The van der Waals surface area contributed by atoms with Gasteiger partial charge in [0.25, 0.3) is 0 Å². The van der Waals surface area contributed by atoms with Crippen molar-refractivity contribution in [3.8, 4) is 0 Å². The second kappa shape index (κ2) is 6.55. The molecule has 2 N–H and O–H groups in total. The molecule has 0 amide bonds. The van der Waals surface area contributed by atoms with Crippen molar-refractivity contribution in [3.63, 3.8) is 0 Å². The van der Waals surface area contributed by atoms with Gasteiger partial charge in [-0.05, 0) is 12.0 Å². The standard InChI is InChI=1S/C15H23NO2/c1-4-8-13(14(17)18)16-11-15(2,3)12-9-6-5-7-10-12/h5-7,9-10,13,16H,4,8,11H2,1-3H3,(H,17,18). The summed E-state index contributed by atoms with van der Waals surface area (Å²) in [5, 5.41) is 12.3. The zero-order valence-electron chi connectivity index (χ0n) is 11.4. The third kappa shape index (κ3) is 4.15. The number of rotatable bonds is 7. The predicted octanol–water partition coefficient (Wildman–Crippen LogP) is 2.81. The smallest absolute Gasteiger partial charge is 0.320 e. The Balaban J connectivity index is 2.63. The van der Waals surface area contributed by atoms with Crippen molar-refractivity contribution in [1.29, 1.82) is 0 Å². The number of hydrogen-bond donors (Lipinski definition) is 2. The second-order valence-corrected chi connectivity index (χ2v) is 5.31. The van der Waals surface area contributed by atoms with Crippen LogP contribution < -0.4 is 5.32 Å². The highest BCUT2D eigenvalue weighted by Crippen LogP contribution is 2.22. The summed E-state index contributed by atoms with van der Waals surface area (Å²) in [6.07, 6.45) is 1.54. The van der Waals surface area contributed by atoms with Gasteiger partial charge in [0.15, 0.2) is 0 Å². The van der Waals surface area contributed by atoms with Crippen molar-refractivity contribution in [2.45, 2.75) is 45.1 Å². The number of carbonyl (C=O) groups is 1. The van der Waals surface area contributed by atoms with Gasteiger partial charge in [-0.3, -0.25) is 4.79 Å². The first-order chi connectivity index (χ1) is 8.47. The summed E-state index contributed by atoms with van der Waals surface area (Å²) in [4.78, 5) is 11.1. The monoisotopic (exact) mass is 249 g/mol. The molecule has 1 atom stereocenters. The Morgan fingerprint density at radius 1 is 1.33 bits per heavy atom. The van der Waals surface area contributed by atoms with Crippen molar-refractivity contribution in [3.05, 3.63) is 35.9 Å². The van der Waals surface area contributed by atoms with Crippen LogP contribution in [-0.2, 0) is 10.2 Å². The predicted molar refractivity (Wildman–Crippen MR) is 73.8 cm³/mol. The average molecular weight is 249 g/mol. The quantitative estimate of drug-likeness (QED) is 0.781. The van der Waals surface area contributed by atoms with Gasteiger partial charge in [-0.25, -0.2) is 0 Å². The van der Waals surface area contributed by atoms with E-state index in [1.54, 1.807) is 0 Å². The number of nitrogens with one attached hydrogen (secondary N) is 1. The number of hydrogen-bond acceptors (Lipinski definition) is 2. The van der Waals surface area contributed by atoms with E-state index in [2.05, 4.69) is 31.3 Å². The van der Waals surface area contributed by atoms with E-state index in [1.807, 2.05) is 25.1 Å². The minimum Gasteiger partial charge on any atom is -0.480 e. The summed E-state index contributed by atoms with van der Waals surface area (Å²) in [5.74, 6) is -0.763. The third-order valence-corrected chi connectivity index (χ3v) is 3.22. The Kier molecular flexibility index (Phi) is 5.35. The van der Waals surface area contributed by atoms with Crippen molar-refractivity contribution in [2.24, 2.45) is 0 Å². The summed E-state index contributed by atoms with van der Waals surface area (Å²) in [6, 6.07) is 9.73. The maximum atomic E-state index is 11.1. The molecule has 1 aromatic carbocycles. The summed E-state index contributed by atoms with van der Waals surface area (Å²) in [5.41, 5.74) is 1.15. The molecular formula is C15H23NO2. The fourth-order valence-electron chi connectivity index (χ4n) is 1.97. The lowest BCUT2D eigenvalue weighted by Gasteiger charge is -2.27. The van der Waals surface area contributed by atoms with Gasteiger partial charge in [-0.2, -0.15) is 0 Å². The van der Waals surface area contributed by atoms with Gasteiger partial charge in [0, 0.05) is 12.0 Å². The SMILES string of the molecule is CCCC(NCC(C)(C)c1ccccc1)C(=O)O. The Bertz CT molecular complexity index is 373. The van der Waals surface area contributed by atoms with Crippen LogP contribution in [0, 0.1) is 0 Å². The zero-order valence-corrected chi connectivity index (χ0v) is 11.4. The second-order valence-electron chi connectivity index (χ2n) is 5.31. The zero-order chi connectivity index (χ0) is 13.6. The first-order valence-corrected chi connectivity index (χ1v) is 6.49. The van der Waals surface area contributed by atoms with Crippen LogP contribution in [0.15, 0.2) is 30.3 Å². The molecule has 0 aliphatic heterocycles. The molecule has 0 saturated heterocycles. The van der Waals surface area contributed by atoms with Crippen LogP contribution in [0.5, 0.6) is 0 Å². The third-order valence-electron chi connectivity index (χ3n) is 3.22. The van der Waals surface area contributed by atoms with Crippen molar-refractivity contribution < 1.29 is 9.90 Å². The topological polar surface area (TPSA) is 49.3 Å². The first-order valence-electron chi connectivity index (χ1n) is 6.49. The highest BCUT2D eigenvalue weighted by atomic mass is 16.4. The Morgan fingerprint density at radius 2 is 1.94 bits per heavy atom. The van der Waals surface area contributed by atoms with Crippen LogP contribution >= 0.6 is 0 Å². The van der Waals surface area contributed by atoms with E-state index in [-0.39, 0.29) is 5.41 Å². The maximum absolute atomic E-state index is 11.1. The van der Waals surface area contributed by atoms with Gasteiger partial charge in [-0.1, -0.05) is 57.5 Å². The van der Waals surface area contributed by atoms with Crippen molar-refractivity contribution >= 4 is 5.97 Å². The molecule has 0 bridgehead atoms. The molecule has 0 radical (unpaired) electrons. The van der Waals surface area contributed by atoms with E-state index in [0.29, 0.717) is 13.0 Å². The Labute approximate surface area is 109 Å². The van der Waals surface area contributed by atoms with E-state index in [0.717, 1.165) is 6.42 Å². The molecule has 3 heteroatoms. The summed E-state index contributed by atoms with van der Waals surface area (Å²) < 4.78 is 0. The molecule has 0 fully saturated rings. The largest absolute Gasteiger partial charge is 0.480 e. The molecule has 3 nitrogen and oxygen atoms in total. The molecule has 0 aliphatic rings. The molecular weight excluding hydrogens is 226 g/mol. The molecule has 0 aromatic heterocycles. The lowest BCUT2D eigenvalue weighted by molar-refractivity contribution is -0.139. The van der Waals surface area contributed by atoms with Gasteiger partial charge >= 0.3 is 5.97 Å². The van der Waals surface area contributed by atoms with E-state index < -0.39 is 12.0 Å². The molecule has 1 unspecified atom stereocenters. The van der Waals surface area contributed by atoms with E-state index in [4.69, 9.17) is 5.11 Å². The van der Waals surface area contributed by atoms with E-state index >= 15 is 0 Å². The van der Waals surface area contributed by atoms with Crippen LogP contribution in [-0.4, -0.2) is 23.7 Å². The maximum Gasteiger partial charge on any atom is 0.320 e. The van der Waals surface area contributed by atoms with Gasteiger partial charge in [0.05, 0.1) is 0 Å². The van der Waals surface area contributed by atoms with Gasteiger partial charge < -0.3 is 10.4 Å². The minimum atomic E-state index is -0.763. The highest BCUT2D eigenvalue weighted by molar-refractivity contribution is 5.73. The average Bonchev–Trinajstić information content (AvgIpc) is 2.35. The van der Waals surface area contributed by atoms with E-state index in [1.165, 1.54) is 5.56 Å². The summed E-state index contributed by atoms with van der Waals surface area (Å²) in [7, 11) is 0. The van der Waals surface area contributed by atoms with Gasteiger partial charge in [0.1, 0.15) is 6.04 Å². The molecule has 1 rings (SSSR count). The molecule has 0 heterocycles. The Hall–Kier alpha value is -1.35. The van der Waals surface area contributed by atoms with Crippen molar-refractivity contribution in [1.82, 2.24) is 5.32 Å². The first kappa shape index (κ1) is 14.7. The molecule has 100 valence electrons. The van der Waals surface area contributed by atoms with Crippen LogP contribution in [0.4, 0.5) is 0 Å². The number of carboxylic acid groups (broad SMARTS) is 1. The normalized spacial score (nSPS) is 13.3. The molecule has 0 aliphatic carbocycles. The minimum absolute atomic E-state index is 0.0668. The van der Waals surface area contributed by atoms with Gasteiger partial charge in [0.2, 0.25) is 0 Å². The van der Waals surface area contributed by atoms with Gasteiger partial charge in [-0.15, -0.1) is 0 Å². The summed E-state index contributed by atoms with van der Waals surface area (Å²) >= 11 is 0. The lowest BCUT2D eigenvalue weighted by Crippen LogP contribution is -2.43. The molecule has 0 saturated carbocycles. The Morgan fingerprint density at radius 3 is 2.44 bits per heavy atom.